The van der Waals surface area contributed by atoms with Gasteiger partial charge in [0.2, 0.25) is 0 Å². The number of ketones is 1. The number of methoxy groups -OCH3 is 2. The normalized spacial score (nSPS) is 20.8. The van der Waals surface area contributed by atoms with Gasteiger partial charge in [-0.05, 0) is 36.6 Å². The number of halogens is 1. The van der Waals surface area contributed by atoms with Gasteiger partial charge in [-0.2, -0.15) is 0 Å². The van der Waals surface area contributed by atoms with Crippen molar-refractivity contribution >= 4 is 29.1 Å². The summed E-state index contributed by atoms with van der Waals surface area (Å²) in [4.78, 5) is 28.1. The SMILES string of the molecule is COc1cc(OC)c(/C(O)=C2\C(=O)C(=O)N(C3CCCCC3)C2c2ccc(O)cc2)cc1Cl. The summed E-state index contributed by atoms with van der Waals surface area (Å²) in [6, 6.07) is 8.39. The summed E-state index contributed by atoms with van der Waals surface area (Å²) in [6.07, 6.45) is 4.61. The van der Waals surface area contributed by atoms with Crippen LogP contribution in [0.25, 0.3) is 5.76 Å². The van der Waals surface area contributed by atoms with Crippen molar-refractivity contribution in [1.29, 1.82) is 0 Å². The number of carbonyl (C=O) groups is 2. The summed E-state index contributed by atoms with van der Waals surface area (Å²) in [5, 5.41) is 21.4. The topological polar surface area (TPSA) is 96.3 Å². The van der Waals surface area contributed by atoms with E-state index in [9.17, 15) is 19.8 Å². The zero-order chi connectivity index (χ0) is 23.7. The van der Waals surface area contributed by atoms with Crippen LogP contribution in [0.1, 0.15) is 49.3 Å². The van der Waals surface area contributed by atoms with Gasteiger partial charge in [0.1, 0.15) is 23.0 Å². The molecule has 1 unspecified atom stereocenters. The van der Waals surface area contributed by atoms with Crippen LogP contribution >= 0.6 is 11.6 Å². The number of hydrogen-bond acceptors (Lipinski definition) is 6. The molecule has 1 atom stereocenters. The summed E-state index contributed by atoms with van der Waals surface area (Å²) in [7, 11) is 2.89. The zero-order valence-electron chi connectivity index (χ0n) is 18.5. The van der Waals surface area contributed by atoms with Gasteiger partial charge in [0.25, 0.3) is 11.7 Å². The minimum absolute atomic E-state index is 0.0317. The predicted molar refractivity (Wildman–Crippen MR) is 124 cm³/mol. The number of carbonyl (C=O) groups excluding carboxylic acids is 2. The van der Waals surface area contributed by atoms with Crippen molar-refractivity contribution < 1.29 is 29.3 Å². The first-order valence-electron chi connectivity index (χ1n) is 10.9. The maximum atomic E-state index is 13.3. The Hall–Kier alpha value is -3.19. The van der Waals surface area contributed by atoms with E-state index in [0.717, 1.165) is 32.1 Å². The van der Waals surface area contributed by atoms with Crippen LogP contribution in [0, 0.1) is 0 Å². The highest BCUT2D eigenvalue weighted by Crippen LogP contribution is 2.45. The van der Waals surface area contributed by atoms with Crippen LogP contribution in [0.4, 0.5) is 0 Å². The lowest BCUT2D eigenvalue weighted by molar-refractivity contribution is -0.141. The number of aliphatic hydroxyl groups excluding tert-OH is 1. The number of rotatable bonds is 5. The van der Waals surface area contributed by atoms with Crippen molar-refractivity contribution in [2.75, 3.05) is 14.2 Å². The van der Waals surface area contributed by atoms with E-state index in [-0.39, 0.29) is 39.5 Å². The van der Waals surface area contributed by atoms with Crippen LogP contribution in [-0.4, -0.2) is 47.1 Å². The molecular weight excluding hydrogens is 446 g/mol. The summed E-state index contributed by atoms with van der Waals surface area (Å²) >= 11 is 6.29. The molecule has 0 radical (unpaired) electrons. The molecule has 0 bridgehead atoms. The van der Waals surface area contributed by atoms with Gasteiger partial charge < -0.3 is 24.6 Å². The Morgan fingerprint density at radius 2 is 1.64 bits per heavy atom. The summed E-state index contributed by atoms with van der Waals surface area (Å²) < 4.78 is 10.6. The van der Waals surface area contributed by atoms with E-state index in [1.807, 2.05) is 0 Å². The van der Waals surface area contributed by atoms with Crippen molar-refractivity contribution in [3.05, 3.63) is 58.1 Å². The lowest BCUT2D eigenvalue weighted by atomic mass is 9.91. The average Bonchev–Trinajstić information content (AvgIpc) is 3.10. The Kier molecular flexibility index (Phi) is 6.51. The Balaban J connectivity index is 1.92. The fourth-order valence-corrected chi connectivity index (χ4v) is 5.00. The number of hydrogen-bond donors (Lipinski definition) is 2. The number of aliphatic hydroxyl groups is 1. The fourth-order valence-electron chi connectivity index (χ4n) is 4.76. The van der Waals surface area contributed by atoms with Crippen LogP contribution in [0.3, 0.4) is 0 Å². The standard InChI is InChI=1S/C25H26ClNO6/c1-32-19-13-20(33-2)18(26)12-17(19)23(29)21-22(14-8-10-16(28)11-9-14)27(25(31)24(21)30)15-6-4-3-5-7-15/h8-13,15,22,28-29H,3-7H2,1-2H3/b23-21+. The summed E-state index contributed by atoms with van der Waals surface area (Å²) in [5.41, 5.74) is 0.780. The van der Waals surface area contributed by atoms with Crippen molar-refractivity contribution in [2.24, 2.45) is 0 Å². The first-order chi connectivity index (χ1) is 15.9. The minimum Gasteiger partial charge on any atom is -0.508 e. The minimum atomic E-state index is -0.792. The first kappa shape index (κ1) is 23.0. The van der Waals surface area contributed by atoms with E-state index in [2.05, 4.69) is 0 Å². The highest BCUT2D eigenvalue weighted by molar-refractivity contribution is 6.46. The number of ether oxygens (including phenoxy) is 2. The number of benzene rings is 2. The fraction of sp³-hybridized carbons (Fsp3) is 0.360. The van der Waals surface area contributed by atoms with E-state index >= 15 is 0 Å². The Bertz CT molecular complexity index is 1100. The molecular formula is C25H26ClNO6. The maximum Gasteiger partial charge on any atom is 0.295 e. The van der Waals surface area contributed by atoms with E-state index in [1.165, 1.54) is 38.5 Å². The Labute approximate surface area is 197 Å². The summed E-state index contributed by atoms with van der Waals surface area (Å²) in [6.45, 7) is 0. The molecule has 2 aromatic rings. The highest BCUT2D eigenvalue weighted by atomic mass is 35.5. The Morgan fingerprint density at radius 3 is 2.24 bits per heavy atom. The molecule has 33 heavy (non-hydrogen) atoms. The van der Waals surface area contributed by atoms with Crippen molar-refractivity contribution in [3.8, 4) is 17.2 Å². The van der Waals surface area contributed by atoms with Crippen molar-refractivity contribution in [1.82, 2.24) is 4.90 Å². The molecule has 1 saturated heterocycles. The molecule has 1 aliphatic carbocycles. The molecule has 2 fully saturated rings. The zero-order valence-corrected chi connectivity index (χ0v) is 19.3. The van der Waals surface area contributed by atoms with Gasteiger partial charge in [0, 0.05) is 12.1 Å². The molecule has 2 aliphatic rings. The van der Waals surface area contributed by atoms with Crippen molar-refractivity contribution in [3.63, 3.8) is 0 Å². The van der Waals surface area contributed by atoms with E-state index in [1.54, 1.807) is 17.0 Å². The van der Waals surface area contributed by atoms with Gasteiger partial charge in [-0.1, -0.05) is 43.0 Å². The van der Waals surface area contributed by atoms with Crippen molar-refractivity contribution in [2.45, 2.75) is 44.2 Å². The third kappa shape index (κ3) is 4.13. The lowest BCUT2D eigenvalue weighted by Gasteiger charge is -2.35. The van der Waals surface area contributed by atoms with Gasteiger partial charge in [-0.25, -0.2) is 0 Å². The number of nitrogens with zero attached hydrogens (tertiary/aromatic N) is 1. The molecule has 4 rings (SSSR count). The number of likely N-dealkylation sites (tertiary alicyclic amines) is 1. The van der Waals surface area contributed by atoms with Crippen LogP contribution < -0.4 is 9.47 Å². The van der Waals surface area contributed by atoms with Gasteiger partial charge >= 0.3 is 0 Å². The van der Waals surface area contributed by atoms with Crippen LogP contribution in [0.2, 0.25) is 5.02 Å². The second kappa shape index (κ2) is 9.35. The van der Waals surface area contributed by atoms with Gasteiger partial charge in [0.15, 0.2) is 0 Å². The number of phenols is 1. The molecule has 1 aliphatic heterocycles. The first-order valence-corrected chi connectivity index (χ1v) is 11.3. The van der Waals surface area contributed by atoms with Crippen LogP contribution in [0.5, 0.6) is 17.2 Å². The molecule has 174 valence electrons. The van der Waals surface area contributed by atoms with E-state index < -0.39 is 17.7 Å². The third-order valence-corrected chi connectivity index (χ3v) is 6.68. The largest absolute Gasteiger partial charge is 0.508 e. The molecule has 2 N–H and O–H groups in total. The van der Waals surface area contributed by atoms with E-state index in [0.29, 0.717) is 11.3 Å². The van der Waals surface area contributed by atoms with Crippen LogP contribution in [0.15, 0.2) is 42.0 Å². The summed E-state index contributed by atoms with van der Waals surface area (Å²) in [5.74, 6) is -1.10. The number of amides is 1. The molecule has 0 spiro atoms. The number of aromatic hydroxyl groups is 1. The molecule has 2 aromatic carbocycles. The molecule has 1 saturated carbocycles. The Morgan fingerprint density at radius 1 is 1.00 bits per heavy atom. The van der Waals surface area contributed by atoms with Gasteiger partial charge in [0.05, 0.1) is 36.4 Å². The van der Waals surface area contributed by atoms with E-state index in [4.69, 9.17) is 21.1 Å². The highest BCUT2D eigenvalue weighted by Gasteiger charge is 2.49. The van der Waals surface area contributed by atoms with Gasteiger partial charge in [-0.3, -0.25) is 9.59 Å². The maximum absolute atomic E-state index is 13.3. The molecule has 7 nitrogen and oxygen atoms in total. The smallest absolute Gasteiger partial charge is 0.295 e. The number of Topliss-reactive ketones (excluding diaryl/α,β-unsaturated/α-hetero) is 1. The quantitative estimate of drug-likeness (QED) is 0.369. The van der Waals surface area contributed by atoms with Crippen LogP contribution in [-0.2, 0) is 9.59 Å². The lowest BCUT2D eigenvalue weighted by Crippen LogP contribution is -2.40. The number of phenolic OH excluding ortho intramolecular Hbond substituents is 1. The second-order valence-electron chi connectivity index (χ2n) is 8.28. The molecule has 1 heterocycles. The van der Waals surface area contributed by atoms with Gasteiger partial charge in [-0.15, -0.1) is 0 Å². The average molecular weight is 472 g/mol. The molecule has 1 amide bonds. The third-order valence-electron chi connectivity index (χ3n) is 6.39. The second-order valence-corrected chi connectivity index (χ2v) is 8.68. The monoisotopic (exact) mass is 471 g/mol. The predicted octanol–water partition coefficient (Wildman–Crippen LogP) is 4.82. The molecule has 8 heteroatoms. The molecule has 0 aromatic heterocycles.